The first-order valence-corrected chi connectivity index (χ1v) is 8.41. The first kappa shape index (κ1) is 18.0. The molecule has 1 N–H and O–H groups in total. The molecular weight excluding hydrogens is 375 g/mol. The predicted octanol–water partition coefficient (Wildman–Crippen LogP) is 4.02. The highest BCUT2D eigenvalue weighted by molar-refractivity contribution is 6.37. The SMILES string of the molecule is C=CCOc1c(Cl)cc(/C=C2/C(=O)NN(c3ccccc3)C2=O)cc1Cl. The fourth-order valence-corrected chi connectivity index (χ4v) is 3.04. The van der Waals surface area contributed by atoms with Gasteiger partial charge in [-0.25, -0.2) is 5.01 Å². The molecule has 132 valence electrons. The van der Waals surface area contributed by atoms with Crippen molar-refractivity contribution in [2.75, 3.05) is 11.6 Å². The van der Waals surface area contributed by atoms with E-state index in [4.69, 9.17) is 27.9 Å². The molecule has 0 bridgehead atoms. The monoisotopic (exact) mass is 388 g/mol. The van der Waals surface area contributed by atoms with Crippen molar-refractivity contribution in [2.24, 2.45) is 0 Å². The van der Waals surface area contributed by atoms with Gasteiger partial charge < -0.3 is 4.74 Å². The van der Waals surface area contributed by atoms with Crippen LogP contribution in [0.25, 0.3) is 6.08 Å². The first-order valence-electron chi connectivity index (χ1n) is 7.66. The average molecular weight is 389 g/mol. The molecule has 0 aliphatic carbocycles. The van der Waals surface area contributed by atoms with Gasteiger partial charge in [0.05, 0.1) is 15.7 Å². The van der Waals surface area contributed by atoms with Gasteiger partial charge in [0.1, 0.15) is 12.2 Å². The molecule has 1 aliphatic heterocycles. The van der Waals surface area contributed by atoms with Gasteiger partial charge in [-0.3, -0.25) is 15.0 Å². The molecule has 7 heteroatoms. The number of hydrazine groups is 1. The number of hydrogen-bond donors (Lipinski definition) is 1. The van der Waals surface area contributed by atoms with Gasteiger partial charge in [-0.15, -0.1) is 0 Å². The van der Waals surface area contributed by atoms with Crippen LogP contribution < -0.4 is 15.2 Å². The maximum absolute atomic E-state index is 12.6. The van der Waals surface area contributed by atoms with Crippen LogP contribution in [0.15, 0.2) is 60.7 Å². The van der Waals surface area contributed by atoms with Gasteiger partial charge in [0, 0.05) is 0 Å². The van der Waals surface area contributed by atoms with E-state index < -0.39 is 11.8 Å². The van der Waals surface area contributed by atoms with Gasteiger partial charge >= 0.3 is 0 Å². The minimum Gasteiger partial charge on any atom is -0.486 e. The molecule has 0 aromatic heterocycles. The number of halogens is 2. The Morgan fingerprint density at radius 1 is 1.12 bits per heavy atom. The topological polar surface area (TPSA) is 58.6 Å². The second-order valence-corrected chi connectivity index (χ2v) is 6.20. The summed E-state index contributed by atoms with van der Waals surface area (Å²) in [5.41, 5.74) is 3.60. The van der Waals surface area contributed by atoms with Crippen LogP contribution >= 0.6 is 23.2 Å². The van der Waals surface area contributed by atoms with E-state index >= 15 is 0 Å². The number of anilines is 1. The Labute approximate surface area is 160 Å². The van der Waals surface area contributed by atoms with Crippen LogP contribution in [0.1, 0.15) is 5.56 Å². The van der Waals surface area contributed by atoms with Gasteiger partial charge in [-0.2, -0.15) is 0 Å². The van der Waals surface area contributed by atoms with E-state index in [1.54, 1.807) is 42.5 Å². The maximum atomic E-state index is 12.6. The molecule has 2 aromatic carbocycles. The summed E-state index contributed by atoms with van der Waals surface area (Å²) in [5.74, 6) is -0.637. The summed E-state index contributed by atoms with van der Waals surface area (Å²) in [7, 11) is 0. The second kappa shape index (κ2) is 7.64. The number of nitrogens with zero attached hydrogens (tertiary/aromatic N) is 1. The molecule has 26 heavy (non-hydrogen) atoms. The van der Waals surface area contributed by atoms with Crippen molar-refractivity contribution in [3.63, 3.8) is 0 Å². The minimum atomic E-state index is -0.502. The summed E-state index contributed by atoms with van der Waals surface area (Å²) >= 11 is 12.4. The molecular formula is C19H14Cl2N2O3. The summed E-state index contributed by atoms with van der Waals surface area (Å²) in [4.78, 5) is 24.8. The highest BCUT2D eigenvalue weighted by Gasteiger charge is 2.34. The quantitative estimate of drug-likeness (QED) is 0.478. The molecule has 2 amide bonds. The second-order valence-electron chi connectivity index (χ2n) is 5.39. The lowest BCUT2D eigenvalue weighted by Crippen LogP contribution is -2.35. The number of hydrogen-bond acceptors (Lipinski definition) is 3. The number of rotatable bonds is 5. The van der Waals surface area contributed by atoms with Crippen molar-refractivity contribution >= 4 is 46.8 Å². The van der Waals surface area contributed by atoms with Crippen LogP contribution in [0.3, 0.4) is 0 Å². The fraction of sp³-hybridized carbons (Fsp3) is 0.0526. The highest BCUT2D eigenvalue weighted by Crippen LogP contribution is 2.35. The lowest BCUT2D eigenvalue weighted by atomic mass is 10.1. The van der Waals surface area contributed by atoms with Crippen LogP contribution in [0, 0.1) is 0 Å². The van der Waals surface area contributed by atoms with Crippen LogP contribution in [-0.4, -0.2) is 18.4 Å². The summed E-state index contributed by atoms with van der Waals surface area (Å²) in [6.07, 6.45) is 3.01. The summed E-state index contributed by atoms with van der Waals surface area (Å²) < 4.78 is 5.40. The zero-order valence-corrected chi connectivity index (χ0v) is 15.1. The van der Waals surface area contributed by atoms with Crippen LogP contribution in [0.2, 0.25) is 10.0 Å². The third-order valence-corrected chi connectivity index (χ3v) is 4.14. The Morgan fingerprint density at radius 2 is 1.77 bits per heavy atom. The lowest BCUT2D eigenvalue weighted by molar-refractivity contribution is -0.117. The van der Waals surface area contributed by atoms with Crippen molar-refractivity contribution in [3.8, 4) is 5.75 Å². The molecule has 0 saturated carbocycles. The molecule has 0 atom stereocenters. The Morgan fingerprint density at radius 3 is 2.38 bits per heavy atom. The van der Waals surface area contributed by atoms with Gasteiger partial charge in [-0.1, -0.05) is 54.1 Å². The number of nitrogens with one attached hydrogen (secondary N) is 1. The van der Waals surface area contributed by atoms with Crippen LogP contribution in [0.5, 0.6) is 5.75 Å². The van der Waals surface area contributed by atoms with Crippen molar-refractivity contribution in [3.05, 3.63) is 76.3 Å². The highest BCUT2D eigenvalue weighted by atomic mass is 35.5. The molecule has 1 fully saturated rings. The van der Waals surface area contributed by atoms with Gasteiger partial charge in [0.2, 0.25) is 0 Å². The Balaban J connectivity index is 1.91. The van der Waals surface area contributed by atoms with E-state index in [2.05, 4.69) is 12.0 Å². The number of ether oxygens (including phenoxy) is 1. The van der Waals surface area contributed by atoms with E-state index in [9.17, 15) is 9.59 Å². The maximum Gasteiger partial charge on any atom is 0.282 e. The predicted molar refractivity (Wildman–Crippen MR) is 102 cm³/mol. The van der Waals surface area contributed by atoms with E-state index in [1.807, 2.05) is 6.07 Å². The largest absolute Gasteiger partial charge is 0.486 e. The van der Waals surface area contributed by atoms with Crippen molar-refractivity contribution in [2.45, 2.75) is 0 Å². The standard InChI is InChI=1S/C19H14Cl2N2O3/c1-2-8-26-17-15(20)10-12(11-16(17)21)9-14-18(24)22-23(19(14)25)13-6-4-3-5-7-13/h2-7,9-11H,1,8H2,(H,22,24)/b14-9-. The van der Waals surface area contributed by atoms with Gasteiger partial charge in [-0.05, 0) is 35.9 Å². The fourth-order valence-electron chi connectivity index (χ4n) is 2.43. The average Bonchev–Trinajstić information content (AvgIpc) is 2.90. The van der Waals surface area contributed by atoms with E-state index in [-0.39, 0.29) is 22.2 Å². The molecule has 3 rings (SSSR count). The van der Waals surface area contributed by atoms with Crippen LogP contribution in [-0.2, 0) is 9.59 Å². The molecule has 1 heterocycles. The Hall–Kier alpha value is -2.76. The first-order chi connectivity index (χ1) is 12.5. The van der Waals surface area contributed by atoms with Crippen molar-refractivity contribution in [1.29, 1.82) is 0 Å². The number of carbonyl (C=O) groups is 2. The zero-order chi connectivity index (χ0) is 18.7. The van der Waals surface area contributed by atoms with E-state index in [0.29, 0.717) is 17.0 Å². The van der Waals surface area contributed by atoms with E-state index in [0.717, 1.165) is 0 Å². The van der Waals surface area contributed by atoms with Crippen molar-refractivity contribution in [1.82, 2.24) is 5.43 Å². The third kappa shape index (κ3) is 3.59. The Bertz CT molecular complexity index is 887. The molecule has 0 radical (unpaired) electrons. The van der Waals surface area contributed by atoms with Crippen molar-refractivity contribution < 1.29 is 14.3 Å². The number of para-hydroxylation sites is 1. The summed E-state index contributed by atoms with van der Waals surface area (Å²) in [6.45, 7) is 3.82. The third-order valence-electron chi connectivity index (χ3n) is 3.58. The zero-order valence-electron chi connectivity index (χ0n) is 13.5. The number of carbonyl (C=O) groups excluding carboxylic acids is 2. The molecule has 1 aliphatic rings. The molecule has 2 aromatic rings. The van der Waals surface area contributed by atoms with E-state index in [1.165, 1.54) is 11.1 Å². The molecule has 1 saturated heterocycles. The number of amides is 2. The molecule has 0 spiro atoms. The molecule has 5 nitrogen and oxygen atoms in total. The summed E-state index contributed by atoms with van der Waals surface area (Å²) in [6, 6.07) is 12.0. The minimum absolute atomic E-state index is 0.0132. The summed E-state index contributed by atoms with van der Waals surface area (Å²) in [5, 5.41) is 1.74. The lowest BCUT2D eigenvalue weighted by Gasteiger charge is -2.13. The van der Waals surface area contributed by atoms with Gasteiger partial charge in [0.25, 0.3) is 11.8 Å². The van der Waals surface area contributed by atoms with Gasteiger partial charge in [0.15, 0.2) is 5.75 Å². The molecule has 0 unspecified atom stereocenters. The number of benzene rings is 2. The normalized spacial score (nSPS) is 15.3. The Kier molecular flexibility index (Phi) is 5.30. The van der Waals surface area contributed by atoms with Crippen LogP contribution in [0.4, 0.5) is 5.69 Å². The smallest absolute Gasteiger partial charge is 0.282 e.